The smallest absolute Gasteiger partial charge is 0.0230 e. The Morgan fingerprint density at radius 1 is 1.00 bits per heavy atom. The van der Waals surface area contributed by atoms with Crippen LogP contribution in [0.3, 0.4) is 0 Å². The van der Waals surface area contributed by atoms with E-state index in [1.165, 1.54) is 35.5 Å². The molecular formula is C13H18. The summed E-state index contributed by atoms with van der Waals surface area (Å²) in [6, 6.07) is 0. The first-order chi connectivity index (χ1) is 6.40. The Morgan fingerprint density at radius 3 is 2.69 bits per heavy atom. The van der Waals surface area contributed by atoms with Gasteiger partial charge in [-0.3, -0.25) is 0 Å². The molecule has 0 aromatic carbocycles. The highest BCUT2D eigenvalue weighted by Gasteiger charge is 2.79. The minimum atomic E-state index is 0.964. The minimum Gasteiger partial charge on any atom is -0.0496 e. The van der Waals surface area contributed by atoms with E-state index in [1.54, 1.807) is 38.5 Å². The van der Waals surface area contributed by atoms with Gasteiger partial charge in [0, 0.05) is 0 Å². The van der Waals surface area contributed by atoms with E-state index in [2.05, 4.69) is 0 Å². The average molecular weight is 174 g/mol. The highest BCUT2D eigenvalue weighted by Crippen LogP contribution is 2.85. The number of fused-ring (bicyclic) bond motifs is 4. The van der Waals surface area contributed by atoms with Crippen molar-refractivity contribution in [3.05, 3.63) is 0 Å². The summed E-state index contributed by atoms with van der Waals surface area (Å²) in [5.41, 5.74) is 0.964. The molecule has 0 radical (unpaired) electrons. The van der Waals surface area contributed by atoms with Crippen LogP contribution in [0, 0.1) is 40.9 Å². The van der Waals surface area contributed by atoms with Crippen LogP contribution in [0.25, 0.3) is 0 Å². The van der Waals surface area contributed by atoms with Crippen LogP contribution in [0.2, 0.25) is 0 Å². The third kappa shape index (κ3) is 0.521. The second kappa shape index (κ2) is 1.61. The fourth-order valence-electron chi connectivity index (χ4n) is 6.09. The quantitative estimate of drug-likeness (QED) is 0.529. The van der Waals surface area contributed by atoms with Gasteiger partial charge >= 0.3 is 0 Å². The minimum absolute atomic E-state index is 0.964. The summed E-state index contributed by atoms with van der Waals surface area (Å²) in [5, 5.41) is 0. The third-order valence-corrected chi connectivity index (χ3v) is 6.60. The maximum absolute atomic E-state index is 1.68. The van der Waals surface area contributed by atoms with Crippen molar-refractivity contribution in [3.63, 3.8) is 0 Å². The van der Waals surface area contributed by atoms with Gasteiger partial charge in [-0.25, -0.2) is 0 Å². The van der Waals surface area contributed by atoms with E-state index in [0.29, 0.717) is 0 Å². The molecule has 13 heavy (non-hydrogen) atoms. The van der Waals surface area contributed by atoms with Gasteiger partial charge in [-0.2, -0.15) is 0 Å². The molecule has 70 valence electrons. The van der Waals surface area contributed by atoms with Gasteiger partial charge in [0.2, 0.25) is 0 Å². The van der Waals surface area contributed by atoms with Crippen LogP contribution < -0.4 is 0 Å². The van der Waals surface area contributed by atoms with Gasteiger partial charge in [0.05, 0.1) is 0 Å². The zero-order chi connectivity index (χ0) is 8.21. The molecule has 5 saturated carbocycles. The summed E-state index contributed by atoms with van der Waals surface area (Å²) < 4.78 is 0. The van der Waals surface area contributed by atoms with Crippen LogP contribution in [0.1, 0.15) is 38.5 Å². The van der Waals surface area contributed by atoms with Crippen molar-refractivity contribution in [1.29, 1.82) is 0 Å². The van der Waals surface area contributed by atoms with E-state index in [0.717, 1.165) is 5.41 Å². The largest absolute Gasteiger partial charge is 0.0496 e. The van der Waals surface area contributed by atoms with Crippen molar-refractivity contribution in [1.82, 2.24) is 0 Å². The van der Waals surface area contributed by atoms with Crippen LogP contribution in [-0.4, -0.2) is 0 Å². The van der Waals surface area contributed by atoms with Crippen molar-refractivity contribution in [3.8, 4) is 0 Å². The lowest BCUT2D eigenvalue weighted by Gasteiger charge is -2.52. The topological polar surface area (TPSA) is 0 Å². The lowest BCUT2D eigenvalue weighted by atomic mass is 9.52. The zero-order valence-electron chi connectivity index (χ0n) is 8.21. The molecule has 5 aliphatic carbocycles. The molecule has 5 rings (SSSR count). The Morgan fingerprint density at radius 2 is 2.00 bits per heavy atom. The molecule has 0 N–H and O–H groups in total. The van der Waals surface area contributed by atoms with Gasteiger partial charge < -0.3 is 0 Å². The SMILES string of the molecule is C1CC2(CC3CC13)C1CCC3C1C32. The fraction of sp³-hybridized carbons (Fsp3) is 1.00. The van der Waals surface area contributed by atoms with Crippen LogP contribution in [-0.2, 0) is 0 Å². The van der Waals surface area contributed by atoms with Gasteiger partial charge in [-0.1, -0.05) is 0 Å². The first-order valence-corrected chi connectivity index (χ1v) is 6.40. The standard InChI is InChI=1S/C13H18/c1-2-10-11-9(1)12(11)13(10)4-3-7-5-8(7)6-13/h7-12H,1-6H2. The second-order valence-electron chi connectivity index (χ2n) is 6.68. The highest BCUT2D eigenvalue weighted by atomic mass is 14.8. The lowest BCUT2D eigenvalue weighted by Crippen LogP contribution is -2.45. The van der Waals surface area contributed by atoms with Crippen molar-refractivity contribution in [2.75, 3.05) is 0 Å². The monoisotopic (exact) mass is 174 g/mol. The Balaban J connectivity index is 1.55. The Bertz CT molecular complexity index is 290. The Hall–Kier alpha value is 0. The maximum atomic E-state index is 1.68. The second-order valence-corrected chi connectivity index (χ2v) is 6.68. The molecule has 0 aromatic heterocycles. The lowest BCUT2D eigenvalue weighted by molar-refractivity contribution is -0.0394. The van der Waals surface area contributed by atoms with Gasteiger partial charge in [0.25, 0.3) is 0 Å². The molecule has 0 heteroatoms. The van der Waals surface area contributed by atoms with E-state index in [-0.39, 0.29) is 0 Å². The predicted molar refractivity (Wildman–Crippen MR) is 51.1 cm³/mol. The van der Waals surface area contributed by atoms with Gasteiger partial charge in [-0.15, -0.1) is 0 Å². The molecule has 5 fully saturated rings. The van der Waals surface area contributed by atoms with Crippen molar-refractivity contribution < 1.29 is 0 Å². The molecule has 0 heterocycles. The van der Waals surface area contributed by atoms with E-state index < -0.39 is 0 Å². The van der Waals surface area contributed by atoms with E-state index >= 15 is 0 Å². The molecular weight excluding hydrogens is 156 g/mol. The highest BCUT2D eigenvalue weighted by molar-refractivity contribution is 5.27. The first kappa shape index (κ1) is 6.48. The van der Waals surface area contributed by atoms with Crippen LogP contribution in [0.15, 0.2) is 0 Å². The molecule has 0 nitrogen and oxygen atoms in total. The Labute approximate surface area is 80.1 Å². The van der Waals surface area contributed by atoms with E-state index in [4.69, 9.17) is 0 Å². The summed E-state index contributed by atoms with van der Waals surface area (Å²) in [4.78, 5) is 0. The normalized spacial score (nSPS) is 75.7. The molecule has 7 atom stereocenters. The maximum Gasteiger partial charge on any atom is -0.0230 e. The number of hydrogen-bond acceptors (Lipinski definition) is 0. The average Bonchev–Trinajstić information content (AvgIpc) is 3.01. The predicted octanol–water partition coefficient (Wildman–Crippen LogP) is 3.08. The van der Waals surface area contributed by atoms with Crippen LogP contribution in [0.4, 0.5) is 0 Å². The van der Waals surface area contributed by atoms with Gasteiger partial charge in [0.15, 0.2) is 0 Å². The molecule has 0 aliphatic heterocycles. The molecule has 0 aromatic rings. The number of rotatable bonds is 0. The Kier molecular flexibility index (Phi) is 0.804. The van der Waals surface area contributed by atoms with Gasteiger partial charge in [0.1, 0.15) is 0 Å². The molecule has 7 unspecified atom stereocenters. The van der Waals surface area contributed by atoms with Gasteiger partial charge in [-0.05, 0) is 79.4 Å². The van der Waals surface area contributed by atoms with Crippen LogP contribution in [0.5, 0.6) is 0 Å². The molecule has 0 bridgehead atoms. The third-order valence-electron chi connectivity index (χ3n) is 6.60. The van der Waals surface area contributed by atoms with Crippen molar-refractivity contribution >= 4 is 0 Å². The summed E-state index contributed by atoms with van der Waals surface area (Å²) in [5.74, 6) is 7.46. The van der Waals surface area contributed by atoms with E-state index in [1.807, 2.05) is 0 Å². The van der Waals surface area contributed by atoms with Crippen LogP contribution >= 0.6 is 0 Å². The van der Waals surface area contributed by atoms with Crippen molar-refractivity contribution in [2.24, 2.45) is 40.9 Å². The first-order valence-electron chi connectivity index (χ1n) is 6.40. The van der Waals surface area contributed by atoms with Crippen molar-refractivity contribution in [2.45, 2.75) is 38.5 Å². The van der Waals surface area contributed by atoms with E-state index in [9.17, 15) is 0 Å². The zero-order valence-corrected chi connectivity index (χ0v) is 8.21. The molecule has 0 saturated heterocycles. The molecule has 5 aliphatic rings. The molecule has 0 amide bonds. The summed E-state index contributed by atoms with van der Waals surface area (Å²) in [7, 11) is 0. The fourth-order valence-corrected chi connectivity index (χ4v) is 6.09. The molecule has 1 spiro atoms. The summed E-state index contributed by atoms with van der Waals surface area (Å²) >= 11 is 0. The summed E-state index contributed by atoms with van der Waals surface area (Å²) in [6.45, 7) is 0. The summed E-state index contributed by atoms with van der Waals surface area (Å²) in [6.07, 6.45) is 9.82. The number of hydrogen-bond donors (Lipinski definition) is 0.